The molecule has 0 radical (unpaired) electrons. The summed E-state index contributed by atoms with van der Waals surface area (Å²) in [4.78, 5) is 18.9. The van der Waals surface area contributed by atoms with Crippen LogP contribution in [0.4, 0.5) is 0 Å². The smallest absolute Gasteiger partial charge is 0.225 e. The molecule has 6 heteroatoms. The van der Waals surface area contributed by atoms with Crippen LogP contribution in [0.25, 0.3) is 0 Å². The minimum absolute atomic E-state index is 0.0351. The fraction of sp³-hybridized carbons (Fsp3) is 0.636. The van der Waals surface area contributed by atoms with E-state index in [4.69, 9.17) is 4.99 Å². The Bertz CT molecular complexity index is 729. The number of hydrogen-bond acceptors (Lipinski definition) is 3. The van der Waals surface area contributed by atoms with E-state index in [-0.39, 0.29) is 17.9 Å². The number of hydrogen-bond donors (Lipinski definition) is 3. The molecule has 3 N–H and O–H groups in total. The van der Waals surface area contributed by atoms with Crippen molar-refractivity contribution in [2.45, 2.75) is 65.5 Å². The van der Waals surface area contributed by atoms with Crippen LogP contribution < -0.4 is 10.6 Å². The summed E-state index contributed by atoms with van der Waals surface area (Å²) in [7, 11) is 0. The second-order valence-electron chi connectivity index (χ2n) is 8.17. The molecule has 0 saturated carbocycles. The first-order chi connectivity index (χ1) is 13.5. The molecule has 1 unspecified atom stereocenters. The van der Waals surface area contributed by atoms with Crippen LogP contribution in [0, 0.1) is 5.92 Å². The van der Waals surface area contributed by atoms with Crippen molar-refractivity contribution in [1.29, 1.82) is 0 Å². The average molecular weight is 387 g/mol. The zero-order chi connectivity index (χ0) is 20.1. The number of aryl methyl sites for hydroxylation is 1. The Hall–Kier alpha value is -2.24. The van der Waals surface area contributed by atoms with Crippen LogP contribution in [-0.4, -0.2) is 47.5 Å². The highest BCUT2D eigenvalue weighted by atomic mass is 16.3. The number of carbonyl (C=O) groups excluding carboxylic acids is 1. The summed E-state index contributed by atoms with van der Waals surface area (Å²) in [5.41, 5.74) is 3.59. The minimum Gasteiger partial charge on any atom is -0.508 e. The molecule has 0 spiro atoms. The van der Waals surface area contributed by atoms with E-state index in [1.807, 2.05) is 31.7 Å². The normalized spacial score (nSPS) is 19.6. The Balaban J connectivity index is 1.68. The number of guanidine groups is 1. The van der Waals surface area contributed by atoms with Gasteiger partial charge in [0.15, 0.2) is 5.96 Å². The predicted octanol–water partition coefficient (Wildman–Crippen LogP) is 2.58. The largest absolute Gasteiger partial charge is 0.508 e. The van der Waals surface area contributed by atoms with Gasteiger partial charge in [0.25, 0.3) is 0 Å². The summed E-state index contributed by atoms with van der Waals surface area (Å²) in [6.07, 6.45) is 5.43. The van der Waals surface area contributed by atoms with Gasteiger partial charge in [-0.25, -0.2) is 4.99 Å². The standard InChI is InChI=1S/C22H34N4O2/c1-4-23-22(25-17-11-12-26(14-17)21(28)15(2)3)24-13-19-18-8-6-5-7-16(18)9-10-20(19)27/h9-10,15,17,27H,4-8,11-14H2,1-3H3,(H2,23,24,25). The van der Waals surface area contributed by atoms with Gasteiger partial charge in [-0.05, 0) is 56.2 Å². The number of amides is 1. The highest BCUT2D eigenvalue weighted by Gasteiger charge is 2.28. The van der Waals surface area contributed by atoms with Gasteiger partial charge in [-0.2, -0.15) is 0 Å². The third-order valence-corrected chi connectivity index (χ3v) is 5.70. The molecule has 1 aromatic carbocycles. The number of aromatic hydroxyl groups is 1. The van der Waals surface area contributed by atoms with Crippen molar-refractivity contribution >= 4 is 11.9 Å². The summed E-state index contributed by atoms with van der Waals surface area (Å²) in [5.74, 6) is 1.34. The zero-order valence-corrected chi connectivity index (χ0v) is 17.4. The zero-order valence-electron chi connectivity index (χ0n) is 17.4. The quantitative estimate of drug-likeness (QED) is 0.537. The molecule has 1 aromatic rings. The van der Waals surface area contributed by atoms with E-state index in [0.29, 0.717) is 18.8 Å². The maximum atomic E-state index is 12.2. The van der Waals surface area contributed by atoms with Crippen LogP contribution >= 0.6 is 0 Å². The molecule has 0 aromatic heterocycles. The third-order valence-electron chi connectivity index (χ3n) is 5.70. The topological polar surface area (TPSA) is 77.0 Å². The van der Waals surface area contributed by atoms with Gasteiger partial charge in [-0.15, -0.1) is 0 Å². The van der Waals surface area contributed by atoms with Crippen molar-refractivity contribution < 1.29 is 9.90 Å². The third kappa shape index (κ3) is 4.78. The van der Waals surface area contributed by atoms with Crippen molar-refractivity contribution in [3.63, 3.8) is 0 Å². The Kier molecular flexibility index (Phi) is 6.81. The molecular formula is C22H34N4O2. The summed E-state index contributed by atoms with van der Waals surface area (Å²) in [6, 6.07) is 4.07. The molecule has 1 fully saturated rings. The molecule has 1 amide bonds. The molecule has 1 saturated heterocycles. The van der Waals surface area contributed by atoms with E-state index in [2.05, 4.69) is 16.7 Å². The molecule has 6 nitrogen and oxygen atoms in total. The van der Waals surface area contributed by atoms with Gasteiger partial charge in [0, 0.05) is 37.2 Å². The average Bonchev–Trinajstić information content (AvgIpc) is 3.15. The Morgan fingerprint density at radius 3 is 2.86 bits per heavy atom. The lowest BCUT2D eigenvalue weighted by Gasteiger charge is -2.21. The van der Waals surface area contributed by atoms with Crippen molar-refractivity contribution in [3.8, 4) is 5.75 Å². The number of likely N-dealkylation sites (tertiary alicyclic amines) is 1. The van der Waals surface area contributed by atoms with Crippen LogP contribution in [0.3, 0.4) is 0 Å². The first kappa shape index (κ1) is 20.5. The van der Waals surface area contributed by atoms with Gasteiger partial charge in [-0.3, -0.25) is 4.79 Å². The van der Waals surface area contributed by atoms with Gasteiger partial charge >= 0.3 is 0 Å². The van der Waals surface area contributed by atoms with E-state index in [1.54, 1.807) is 0 Å². The molecule has 28 heavy (non-hydrogen) atoms. The number of phenolic OH excluding ortho intramolecular Hbond substituents is 1. The summed E-state index contributed by atoms with van der Waals surface area (Å²) >= 11 is 0. The summed E-state index contributed by atoms with van der Waals surface area (Å²) in [5, 5.41) is 17.2. The number of benzene rings is 1. The Labute approximate surface area is 168 Å². The van der Waals surface area contributed by atoms with Gasteiger partial charge in [-0.1, -0.05) is 19.9 Å². The highest BCUT2D eigenvalue weighted by molar-refractivity contribution is 5.81. The number of nitrogens with zero attached hydrogens (tertiary/aromatic N) is 2. The molecule has 1 atom stereocenters. The van der Waals surface area contributed by atoms with Gasteiger partial charge in [0.1, 0.15) is 5.75 Å². The van der Waals surface area contributed by atoms with Crippen molar-refractivity contribution in [2.75, 3.05) is 19.6 Å². The maximum Gasteiger partial charge on any atom is 0.225 e. The van der Waals surface area contributed by atoms with Gasteiger partial charge in [0.05, 0.1) is 6.54 Å². The number of fused-ring (bicyclic) bond motifs is 1. The van der Waals surface area contributed by atoms with Crippen LogP contribution in [0.1, 0.15) is 56.7 Å². The van der Waals surface area contributed by atoms with E-state index >= 15 is 0 Å². The molecule has 1 aliphatic heterocycles. The lowest BCUT2D eigenvalue weighted by atomic mass is 9.88. The van der Waals surface area contributed by atoms with E-state index in [0.717, 1.165) is 43.9 Å². The van der Waals surface area contributed by atoms with Crippen LogP contribution in [0.15, 0.2) is 17.1 Å². The Morgan fingerprint density at radius 2 is 2.11 bits per heavy atom. The highest BCUT2D eigenvalue weighted by Crippen LogP contribution is 2.31. The monoisotopic (exact) mass is 386 g/mol. The first-order valence-electron chi connectivity index (χ1n) is 10.7. The first-order valence-corrected chi connectivity index (χ1v) is 10.7. The van der Waals surface area contributed by atoms with Crippen molar-refractivity contribution in [2.24, 2.45) is 10.9 Å². The summed E-state index contributed by atoms with van der Waals surface area (Å²) < 4.78 is 0. The van der Waals surface area contributed by atoms with Crippen molar-refractivity contribution in [1.82, 2.24) is 15.5 Å². The second kappa shape index (κ2) is 9.30. The number of carbonyl (C=O) groups is 1. The molecule has 2 aliphatic rings. The molecule has 3 rings (SSSR count). The van der Waals surface area contributed by atoms with Crippen molar-refractivity contribution in [3.05, 3.63) is 28.8 Å². The molecular weight excluding hydrogens is 352 g/mol. The molecule has 1 heterocycles. The van der Waals surface area contributed by atoms with E-state index in [1.165, 1.54) is 24.0 Å². The van der Waals surface area contributed by atoms with Gasteiger partial charge in [0.2, 0.25) is 5.91 Å². The van der Waals surface area contributed by atoms with Crippen LogP contribution in [0.2, 0.25) is 0 Å². The second-order valence-corrected chi connectivity index (χ2v) is 8.17. The predicted molar refractivity (Wildman–Crippen MR) is 113 cm³/mol. The number of aliphatic imine (C=N–C) groups is 1. The van der Waals surface area contributed by atoms with Crippen LogP contribution in [0.5, 0.6) is 5.75 Å². The Morgan fingerprint density at radius 1 is 1.32 bits per heavy atom. The fourth-order valence-electron chi connectivity index (χ4n) is 4.18. The number of rotatable bonds is 5. The van der Waals surface area contributed by atoms with E-state index in [9.17, 15) is 9.90 Å². The fourth-order valence-corrected chi connectivity index (χ4v) is 4.18. The lowest BCUT2D eigenvalue weighted by molar-refractivity contribution is -0.133. The summed E-state index contributed by atoms with van der Waals surface area (Å²) in [6.45, 7) is 8.68. The molecule has 0 bridgehead atoms. The maximum absolute atomic E-state index is 12.2. The molecule has 154 valence electrons. The lowest BCUT2D eigenvalue weighted by Crippen LogP contribution is -2.45. The number of phenols is 1. The minimum atomic E-state index is 0.0351. The van der Waals surface area contributed by atoms with Crippen LogP contribution in [-0.2, 0) is 24.2 Å². The SMILES string of the molecule is CCNC(=NCc1c(O)ccc2c1CCCC2)NC1CCN(C(=O)C(C)C)C1. The molecule has 1 aliphatic carbocycles. The van der Waals surface area contributed by atoms with E-state index < -0.39 is 0 Å². The number of nitrogens with one attached hydrogen (secondary N) is 2. The van der Waals surface area contributed by atoms with Gasteiger partial charge < -0.3 is 20.6 Å².